The molecule has 0 saturated carbocycles. The van der Waals surface area contributed by atoms with Crippen molar-refractivity contribution in [3.05, 3.63) is 59.2 Å². The second-order valence-electron chi connectivity index (χ2n) is 4.70. The van der Waals surface area contributed by atoms with Crippen LogP contribution in [0.5, 0.6) is 0 Å². The number of pyridine rings is 1. The van der Waals surface area contributed by atoms with Gasteiger partial charge >= 0.3 is 0 Å². The van der Waals surface area contributed by atoms with Gasteiger partial charge in [0.15, 0.2) is 0 Å². The molecule has 0 radical (unpaired) electrons. The number of benzene rings is 1. The SMILES string of the molecule is CCN(Cc1cccc(C)n1)c1ccc(CCl)cc1F. The van der Waals surface area contributed by atoms with Gasteiger partial charge in [-0.2, -0.15) is 0 Å². The van der Waals surface area contributed by atoms with Crippen LogP contribution >= 0.6 is 11.6 Å². The average molecular weight is 293 g/mol. The predicted octanol–water partition coefficient (Wildman–Crippen LogP) is 4.29. The van der Waals surface area contributed by atoms with Crippen molar-refractivity contribution in [1.82, 2.24) is 4.98 Å². The second kappa shape index (κ2) is 6.71. The highest BCUT2D eigenvalue weighted by atomic mass is 35.5. The quantitative estimate of drug-likeness (QED) is 0.764. The number of rotatable bonds is 5. The fourth-order valence-electron chi connectivity index (χ4n) is 2.14. The van der Waals surface area contributed by atoms with Gasteiger partial charge in [0.1, 0.15) is 5.82 Å². The molecular formula is C16H18ClFN2. The van der Waals surface area contributed by atoms with Crippen molar-refractivity contribution in [3.8, 4) is 0 Å². The fourth-order valence-corrected chi connectivity index (χ4v) is 2.31. The summed E-state index contributed by atoms with van der Waals surface area (Å²) in [6, 6.07) is 11.0. The number of hydrogen-bond donors (Lipinski definition) is 0. The molecule has 0 aliphatic carbocycles. The zero-order valence-corrected chi connectivity index (χ0v) is 12.5. The summed E-state index contributed by atoms with van der Waals surface area (Å²) in [7, 11) is 0. The summed E-state index contributed by atoms with van der Waals surface area (Å²) in [5.74, 6) is 0.0839. The van der Waals surface area contributed by atoms with Crippen molar-refractivity contribution in [2.45, 2.75) is 26.3 Å². The molecule has 0 unspecified atom stereocenters. The van der Waals surface area contributed by atoms with Crippen LogP contribution < -0.4 is 4.90 Å². The first-order valence-electron chi connectivity index (χ1n) is 6.66. The molecule has 106 valence electrons. The molecule has 1 heterocycles. The maximum atomic E-state index is 14.1. The zero-order chi connectivity index (χ0) is 14.5. The predicted molar refractivity (Wildman–Crippen MR) is 81.7 cm³/mol. The Hall–Kier alpha value is -1.61. The van der Waals surface area contributed by atoms with E-state index in [0.717, 1.165) is 17.0 Å². The van der Waals surface area contributed by atoms with Crippen LogP contribution in [0.3, 0.4) is 0 Å². The van der Waals surface area contributed by atoms with E-state index in [1.165, 1.54) is 6.07 Å². The van der Waals surface area contributed by atoms with Crippen molar-refractivity contribution in [2.24, 2.45) is 0 Å². The molecule has 0 aliphatic rings. The van der Waals surface area contributed by atoms with E-state index < -0.39 is 0 Å². The fraction of sp³-hybridized carbons (Fsp3) is 0.312. The van der Waals surface area contributed by atoms with Crippen LogP contribution in [-0.2, 0) is 12.4 Å². The van der Waals surface area contributed by atoms with Gasteiger partial charge in [-0.15, -0.1) is 11.6 Å². The van der Waals surface area contributed by atoms with Gasteiger partial charge in [-0.05, 0) is 43.7 Å². The Bertz CT molecular complexity index is 586. The van der Waals surface area contributed by atoms with Crippen LogP contribution in [0.1, 0.15) is 23.9 Å². The summed E-state index contributed by atoms with van der Waals surface area (Å²) in [5, 5.41) is 0. The van der Waals surface area contributed by atoms with E-state index >= 15 is 0 Å². The lowest BCUT2D eigenvalue weighted by molar-refractivity contribution is 0.615. The largest absolute Gasteiger partial charge is 0.364 e. The third-order valence-electron chi connectivity index (χ3n) is 3.19. The molecule has 0 fully saturated rings. The molecule has 0 atom stereocenters. The van der Waals surface area contributed by atoms with Crippen molar-refractivity contribution in [1.29, 1.82) is 0 Å². The van der Waals surface area contributed by atoms with E-state index in [1.54, 1.807) is 6.07 Å². The first-order chi connectivity index (χ1) is 9.63. The number of hydrogen-bond acceptors (Lipinski definition) is 2. The van der Waals surface area contributed by atoms with Gasteiger partial charge in [0, 0.05) is 18.1 Å². The van der Waals surface area contributed by atoms with Crippen molar-refractivity contribution in [2.75, 3.05) is 11.4 Å². The van der Waals surface area contributed by atoms with Gasteiger partial charge in [0.25, 0.3) is 0 Å². The molecule has 0 N–H and O–H groups in total. The van der Waals surface area contributed by atoms with Gasteiger partial charge in [-0.3, -0.25) is 4.98 Å². The van der Waals surface area contributed by atoms with E-state index in [-0.39, 0.29) is 5.82 Å². The Morgan fingerprint density at radius 1 is 1.25 bits per heavy atom. The Morgan fingerprint density at radius 3 is 2.65 bits per heavy atom. The first kappa shape index (κ1) is 14.8. The Morgan fingerprint density at radius 2 is 2.05 bits per heavy atom. The third-order valence-corrected chi connectivity index (χ3v) is 3.50. The maximum Gasteiger partial charge on any atom is 0.146 e. The van der Waals surface area contributed by atoms with Crippen molar-refractivity contribution < 1.29 is 4.39 Å². The smallest absolute Gasteiger partial charge is 0.146 e. The lowest BCUT2D eigenvalue weighted by Crippen LogP contribution is -2.23. The van der Waals surface area contributed by atoms with Gasteiger partial charge in [-0.1, -0.05) is 12.1 Å². The summed E-state index contributed by atoms with van der Waals surface area (Å²) in [5.41, 5.74) is 3.28. The number of nitrogens with zero attached hydrogens (tertiary/aromatic N) is 2. The summed E-state index contributed by atoms with van der Waals surface area (Å²) < 4.78 is 14.1. The van der Waals surface area contributed by atoms with E-state index in [2.05, 4.69) is 4.98 Å². The Kier molecular flexibility index (Phi) is 4.96. The van der Waals surface area contributed by atoms with Crippen LogP contribution in [0.2, 0.25) is 0 Å². The number of alkyl halides is 1. The van der Waals surface area contributed by atoms with Gasteiger partial charge < -0.3 is 4.90 Å². The molecule has 2 nitrogen and oxygen atoms in total. The lowest BCUT2D eigenvalue weighted by atomic mass is 10.2. The Labute approximate surface area is 124 Å². The second-order valence-corrected chi connectivity index (χ2v) is 4.97. The van der Waals surface area contributed by atoms with Crippen LogP contribution in [0.25, 0.3) is 0 Å². The summed E-state index contributed by atoms with van der Waals surface area (Å²) in [6.45, 7) is 5.27. The molecule has 0 bridgehead atoms. The van der Waals surface area contributed by atoms with Crippen LogP contribution in [-0.4, -0.2) is 11.5 Å². The highest BCUT2D eigenvalue weighted by molar-refractivity contribution is 6.17. The zero-order valence-electron chi connectivity index (χ0n) is 11.7. The number of halogens is 2. The minimum Gasteiger partial charge on any atom is -0.364 e. The van der Waals surface area contributed by atoms with E-state index in [1.807, 2.05) is 43.0 Å². The molecule has 0 aliphatic heterocycles. The normalized spacial score (nSPS) is 10.6. The van der Waals surface area contributed by atoms with Crippen molar-refractivity contribution in [3.63, 3.8) is 0 Å². The standard InChI is InChI=1S/C16H18ClFN2/c1-3-20(11-14-6-4-5-12(2)19-14)16-8-7-13(10-17)9-15(16)18/h4-9H,3,10-11H2,1-2H3. The Balaban J connectivity index is 2.24. The molecule has 0 spiro atoms. The summed E-state index contributed by atoms with van der Waals surface area (Å²) >= 11 is 5.72. The highest BCUT2D eigenvalue weighted by Gasteiger charge is 2.11. The first-order valence-corrected chi connectivity index (χ1v) is 7.19. The molecule has 2 rings (SSSR count). The summed E-state index contributed by atoms with van der Waals surface area (Å²) in [4.78, 5) is 6.43. The van der Waals surface area contributed by atoms with E-state index in [4.69, 9.17) is 11.6 Å². The van der Waals surface area contributed by atoms with Gasteiger partial charge in [-0.25, -0.2) is 4.39 Å². The number of aryl methyl sites for hydroxylation is 1. The lowest BCUT2D eigenvalue weighted by Gasteiger charge is -2.23. The number of aromatic nitrogens is 1. The van der Waals surface area contributed by atoms with Crippen LogP contribution in [0.4, 0.5) is 10.1 Å². The minimum atomic E-state index is -0.238. The molecule has 1 aromatic heterocycles. The van der Waals surface area contributed by atoms with E-state index in [0.29, 0.717) is 24.7 Å². The van der Waals surface area contributed by atoms with Gasteiger partial charge in [0.2, 0.25) is 0 Å². The molecule has 1 aromatic carbocycles. The van der Waals surface area contributed by atoms with Gasteiger partial charge in [0.05, 0.1) is 17.9 Å². The summed E-state index contributed by atoms with van der Waals surface area (Å²) in [6.07, 6.45) is 0. The molecule has 0 amide bonds. The maximum absolute atomic E-state index is 14.1. The molecule has 2 aromatic rings. The molecule has 0 saturated heterocycles. The average Bonchev–Trinajstić information content (AvgIpc) is 2.45. The van der Waals surface area contributed by atoms with Crippen molar-refractivity contribution >= 4 is 17.3 Å². The topological polar surface area (TPSA) is 16.1 Å². The highest BCUT2D eigenvalue weighted by Crippen LogP contribution is 2.22. The molecule has 20 heavy (non-hydrogen) atoms. The third kappa shape index (κ3) is 3.48. The van der Waals surface area contributed by atoms with E-state index in [9.17, 15) is 4.39 Å². The molecule has 4 heteroatoms. The monoisotopic (exact) mass is 292 g/mol. The van der Waals surface area contributed by atoms with Crippen LogP contribution in [0, 0.1) is 12.7 Å². The molecular weight excluding hydrogens is 275 g/mol. The minimum absolute atomic E-state index is 0.238. The van der Waals surface area contributed by atoms with Crippen LogP contribution in [0.15, 0.2) is 36.4 Å². The number of anilines is 1.